The standard InChI is InChI=1S/C21H25N5O2S3/c1-3-9-26-16(11-13-6-5-10-29-13)24-25-21(26)30-12(2)19(28)23-20-17(18(22)27)14-7-4-8-15(14)31-20/h5-6,10,12H,3-4,7-9,11H2,1-2H3,(H2,22,27)(H,23,28). The third kappa shape index (κ3) is 4.70. The van der Waals surface area contributed by atoms with Gasteiger partial charge < -0.3 is 15.6 Å². The number of aryl methyl sites for hydroxylation is 1. The average molecular weight is 476 g/mol. The van der Waals surface area contributed by atoms with Crippen LogP contribution >= 0.6 is 34.4 Å². The van der Waals surface area contributed by atoms with Crippen LogP contribution in [0, 0.1) is 0 Å². The zero-order valence-electron chi connectivity index (χ0n) is 17.5. The molecule has 0 radical (unpaired) electrons. The minimum atomic E-state index is -0.476. The molecule has 10 heteroatoms. The Morgan fingerprint density at radius 3 is 2.90 bits per heavy atom. The molecule has 3 aromatic heterocycles. The molecule has 0 aliphatic heterocycles. The molecular weight excluding hydrogens is 450 g/mol. The van der Waals surface area contributed by atoms with Crippen molar-refractivity contribution in [3.63, 3.8) is 0 Å². The Morgan fingerprint density at radius 2 is 2.19 bits per heavy atom. The van der Waals surface area contributed by atoms with Gasteiger partial charge in [-0.1, -0.05) is 24.8 Å². The Kier molecular flexibility index (Phi) is 6.78. The maximum absolute atomic E-state index is 12.9. The van der Waals surface area contributed by atoms with Crippen LogP contribution in [0.5, 0.6) is 0 Å². The van der Waals surface area contributed by atoms with Crippen LogP contribution in [0.3, 0.4) is 0 Å². The Labute approximate surface area is 193 Å². The quantitative estimate of drug-likeness (QED) is 0.453. The van der Waals surface area contributed by atoms with E-state index in [0.29, 0.717) is 10.6 Å². The summed E-state index contributed by atoms with van der Waals surface area (Å²) in [5, 5.41) is 14.6. The number of carbonyl (C=O) groups excluding carboxylic acids is 2. The number of fused-ring (bicyclic) bond motifs is 1. The minimum Gasteiger partial charge on any atom is -0.365 e. The maximum atomic E-state index is 12.9. The second kappa shape index (κ2) is 9.54. The number of hydrogen-bond donors (Lipinski definition) is 2. The van der Waals surface area contributed by atoms with Crippen LogP contribution in [-0.4, -0.2) is 31.8 Å². The van der Waals surface area contributed by atoms with E-state index >= 15 is 0 Å². The van der Waals surface area contributed by atoms with Crippen LogP contribution in [0.1, 0.15) is 58.2 Å². The SMILES string of the molecule is CCCn1c(Cc2cccs2)nnc1SC(C)C(=O)Nc1sc2c(c1C(N)=O)CCC2. The number of anilines is 1. The number of thioether (sulfide) groups is 1. The van der Waals surface area contributed by atoms with Crippen molar-refractivity contribution >= 4 is 51.3 Å². The lowest BCUT2D eigenvalue weighted by Gasteiger charge is -2.13. The summed E-state index contributed by atoms with van der Waals surface area (Å²) >= 11 is 4.56. The largest absolute Gasteiger partial charge is 0.365 e. The molecule has 0 saturated carbocycles. The topological polar surface area (TPSA) is 103 Å². The first-order valence-corrected chi connectivity index (χ1v) is 12.9. The van der Waals surface area contributed by atoms with E-state index in [1.165, 1.54) is 28.0 Å². The van der Waals surface area contributed by atoms with E-state index < -0.39 is 11.2 Å². The molecule has 1 aliphatic rings. The fourth-order valence-corrected chi connectivity index (χ4v) is 6.63. The molecule has 1 atom stereocenters. The molecular formula is C21H25N5O2S3. The lowest BCUT2D eigenvalue weighted by molar-refractivity contribution is -0.115. The first-order valence-electron chi connectivity index (χ1n) is 10.3. The number of hydrogen-bond acceptors (Lipinski definition) is 7. The number of primary amides is 1. The molecule has 4 rings (SSSR count). The van der Waals surface area contributed by atoms with Gasteiger partial charge in [-0.3, -0.25) is 9.59 Å². The van der Waals surface area contributed by atoms with E-state index in [1.54, 1.807) is 11.3 Å². The first kappa shape index (κ1) is 22.0. The van der Waals surface area contributed by atoms with Gasteiger partial charge in [0.25, 0.3) is 5.91 Å². The molecule has 1 unspecified atom stereocenters. The van der Waals surface area contributed by atoms with Crippen LogP contribution in [0.2, 0.25) is 0 Å². The summed E-state index contributed by atoms with van der Waals surface area (Å²) in [5.74, 6) is 0.263. The third-order valence-corrected chi connectivity index (χ3v) is 8.37. The number of nitrogens with one attached hydrogen (secondary N) is 1. The summed E-state index contributed by atoms with van der Waals surface area (Å²) in [6.45, 7) is 4.75. The van der Waals surface area contributed by atoms with Crippen molar-refractivity contribution in [1.29, 1.82) is 0 Å². The monoisotopic (exact) mass is 475 g/mol. The number of rotatable bonds is 9. The first-order chi connectivity index (χ1) is 15.0. The second-order valence-corrected chi connectivity index (χ2v) is 10.9. The highest BCUT2D eigenvalue weighted by molar-refractivity contribution is 8.00. The molecule has 0 spiro atoms. The van der Waals surface area contributed by atoms with Crippen LogP contribution in [0.15, 0.2) is 22.7 Å². The zero-order valence-corrected chi connectivity index (χ0v) is 20.0. The van der Waals surface area contributed by atoms with Crippen LogP contribution in [0.25, 0.3) is 0 Å². The van der Waals surface area contributed by atoms with Gasteiger partial charge in [0, 0.05) is 22.7 Å². The van der Waals surface area contributed by atoms with Crippen LogP contribution in [-0.2, 0) is 30.6 Å². The van der Waals surface area contributed by atoms with Crippen molar-refractivity contribution in [1.82, 2.24) is 14.8 Å². The summed E-state index contributed by atoms with van der Waals surface area (Å²) in [4.78, 5) is 27.3. The Hall–Kier alpha value is -2.17. The number of nitrogens with zero attached hydrogens (tertiary/aromatic N) is 3. The van der Waals surface area contributed by atoms with Crippen LogP contribution in [0.4, 0.5) is 5.00 Å². The predicted molar refractivity (Wildman–Crippen MR) is 126 cm³/mol. The van der Waals surface area contributed by atoms with E-state index in [0.717, 1.165) is 60.1 Å². The molecule has 164 valence electrons. The Bertz CT molecular complexity index is 1090. The van der Waals surface area contributed by atoms with Crippen molar-refractivity contribution in [2.75, 3.05) is 5.32 Å². The van der Waals surface area contributed by atoms with Gasteiger partial charge in [-0.05, 0) is 49.6 Å². The normalized spacial score (nSPS) is 13.9. The number of thiophene rings is 2. The van der Waals surface area contributed by atoms with Crippen molar-refractivity contribution < 1.29 is 9.59 Å². The van der Waals surface area contributed by atoms with E-state index in [1.807, 2.05) is 13.0 Å². The van der Waals surface area contributed by atoms with Crippen LogP contribution < -0.4 is 11.1 Å². The van der Waals surface area contributed by atoms with Gasteiger partial charge in [0.15, 0.2) is 5.16 Å². The molecule has 31 heavy (non-hydrogen) atoms. The molecule has 1 aliphatic carbocycles. The van der Waals surface area contributed by atoms with Gasteiger partial charge in [0.05, 0.1) is 10.8 Å². The number of carbonyl (C=O) groups is 2. The minimum absolute atomic E-state index is 0.168. The summed E-state index contributed by atoms with van der Waals surface area (Å²) in [6, 6.07) is 4.12. The zero-order chi connectivity index (χ0) is 22.0. The fourth-order valence-electron chi connectivity index (χ4n) is 3.73. The van der Waals surface area contributed by atoms with Gasteiger partial charge in [-0.2, -0.15) is 0 Å². The molecule has 3 aromatic rings. The van der Waals surface area contributed by atoms with Gasteiger partial charge >= 0.3 is 0 Å². The lowest BCUT2D eigenvalue weighted by Crippen LogP contribution is -2.24. The van der Waals surface area contributed by atoms with E-state index in [-0.39, 0.29) is 5.91 Å². The van der Waals surface area contributed by atoms with Gasteiger partial charge in [-0.25, -0.2) is 0 Å². The molecule has 0 saturated heterocycles. The lowest BCUT2D eigenvalue weighted by atomic mass is 10.1. The molecule has 0 bridgehead atoms. The van der Waals surface area contributed by atoms with Gasteiger partial charge in [0.2, 0.25) is 5.91 Å². The molecule has 0 aromatic carbocycles. The van der Waals surface area contributed by atoms with Gasteiger partial charge in [-0.15, -0.1) is 32.9 Å². The average Bonchev–Trinajstić information content (AvgIpc) is 3.49. The maximum Gasteiger partial charge on any atom is 0.251 e. The number of aromatic nitrogens is 3. The van der Waals surface area contributed by atoms with Crippen molar-refractivity contribution in [2.45, 2.75) is 62.9 Å². The molecule has 2 amide bonds. The molecule has 7 nitrogen and oxygen atoms in total. The summed E-state index contributed by atoms with van der Waals surface area (Å²) in [7, 11) is 0. The van der Waals surface area contributed by atoms with E-state index in [9.17, 15) is 9.59 Å². The smallest absolute Gasteiger partial charge is 0.251 e. The molecule has 0 fully saturated rings. The third-order valence-electron chi connectivity index (χ3n) is 5.21. The van der Waals surface area contributed by atoms with Gasteiger partial charge in [0.1, 0.15) is 10.8 Å². The Balaban J connectivity index is 1.48. The highest BCUT2D eigenvalue weighted by atomic mass is 32.2. The van der Waals surface area contributed by atoms with Crippen molar-refractivity contribution in [3.05, 3.63) is 44.2 Å². The highest BCUT2D eigenvalue weighted by Gasteiger charge is 2.28. The fraction of sp³-hybridized carbons (Fsp3) is 0.429. The van der Waals surface area contributed by atoms with E-state index in [4.69, 9.17) is 5.73 Å². The number of nitrogens with two attached hydrogens (primary N) is 1. The van der Waals surface area contributed by atoms with Crippen molar-refractivity contribution in [3.8, 4) is 0 Å². The number of amides is 2. The Morgan fingerprint density at radius 1 is 1.35 bits per heavy atom. The summed E-state index contributed by atoms with van der Waals surface area (Å²) < 4.78 is 2.10. The van der Waals surface area contributed by atoms with E-state index in [2.05, 4.69) is 38.5 Å². The second-order valence-electron chi connectivity index (χ2n) is 7.48. The predicted octanol–water partition coefficient (Wildman–Crippen LogP) is 4.11. The van der Waals surface area contributed by atoms with Crippen molar-refractivity contribution in [2.24, 2.45) is 5.73 Å². The molecule has 3 N–H and O–H groups in total. The highest BCUT2D eigenvalue weighted by Crippen LogP contribution is 2.39. The molecule has 3 heterocycles. The summed E-state index contributed by atoms with van der Waals surface area (Å²) in [5.41, 5.74) is 7.10. The summed E-state index contributed by atoms with van der Waals surface area (Å²) in [6.07, 6.45) is 4.49.